The summed E-state index contributed by atoms with van der Waals surface area (Å²) in [5, 5.41) is 3.54. The van der Waals surface area contributed by atoms with Crippen molar-refractivity contribution in [1.82, 2.24) is 5.32 Å². The minimum Gasteiger partial charge on any atom is -0.463 e. The number of hydrogen-bond acceptors (Lipinski definition) is 2. The number of amides is 1. The van der Waals surface area contributed by atoms with Crippen molar-refractivity contribution in [2.24, 2.45) is 0 Å². The van der Waals surface area contributed by atoms with E-state index >= 15 is 0 Å². The highest BCUT2D eigenvalue weighted by Crippen LogP contribution is 2.20. The molecule has 0 saturated heterocycles. The topological polar surface area (TPSA) is 42.2 Å². The van der Waals surface area contributed by atoms with Crippen LogP contribution in [0.1, 0.15) is 10.4 Å². The first-order chi connectivity index (χ1) is 7.33. The fraction of sp³-hybridized carbons (Fsp3) is 0.0833. The molecule has 0 atom stereocenters. The van der Waals surface area contributed by atoms with Gasteiger partial charge in [-0.2, -0.15) is 0 Å². The van der Waals surface area contributed by atoms with Crippen molar-refractivity contribution in [3.8, 4) is 0 Å². The van der Waals surface area contributed by atoms with Crippen molar-refractivity contribution in [2.45, 2.75) is 0 Å². The summed E-state index contributed by atoms with van der Waals surface area (Å²) in [7, 11) is 0. The van der Waals surface area contributed by atoms with E-state index in [0.29, 0.717) is 12.1 Å². The molecule has 1 aromatic heterocycles. The molecule has 0 aliphatic heterocycles. The van der Waals surface area contributed by atoms with E-state index in [4.69, 9.17) is 4.42 Å². The Balaban J connectivity index is 2.35. The van der Waals surface area contributed by atoms with E-state index in [0.717, 1.165) is 11.0 Å². The van der Waals surface area contributed by atoms with Crippen LogP contribution >= 0.6 is 0 Å². The minimum absolute atomic E-state index is 0.139. The molecule has 1 heterocycles. The van der Waals surface area contributed by atoms with Crippen LogP contribution in [0.15, 0.2) is 47.6 Å². The van der Waals surface area contributed by atoms with Crippen molar-refractivity contribution in [1.29, 1.82) is 0 Å². The van der Waals surface area contributed by atoms with Crippen LogP contribution in [0, 0.1) is 0 Å². The van der Waals surface area contributed by atoms with Gasteiger partial charge < -0.3 is 9.73 Å². The molecule has 0 bridgehead atoms. The summed E-state index contributed by atoms with van der Waals surface area (Å²) < 4.78 is 5.26. The van der Waals surface area contributed by atoms with Crippen LogP contribution in [0.4, 0.5) is 0 Å². The number of rotatable bonds is 3. The van der Waals surface area contributed by atoms with E-state index in [1.165, 1.54) is 6.26 Å². The third kappa shape index (κ3) is 1.76. The van der Waals surface area contributed by atoms with E-state index in [1.807, 2.05) is 24.3 Å². The number of carbonyl (C=O) groups excluding carboxylic acids is 1. The van der Waals surface area contributed by atoms with Crippen LogP contribution in [-0.2, 0) is 0 Å². The van der Waals surface area contributed by atoms with Crippen LogP contribution in [-0.4, -0.2) is 12.5 Å². The van der Waals surface area contributed by atoms with Gasteiger partial charge in [-0.1, -0.05) is 24.3 Å². The lowest BCUT2D eigenvalue weighted by Gasteiger charge is -1.98. The number of fused-ring (bicyclic) bond motifs is 1. The van der Waals surface area contributed by atoms with Crippen LogP contribution in [0.2, 0.25) is 0 Å². The molecule has 0 aliphatic carbocycles. The monoisotopic (exact) mass is 201 g/mol. The van der Waals surface area contributed by atoms with Gasteiger partial charge in [0.25, 0.3) is 5.91 Å². The molecule has 3 nitrogen and oxygen atoms in total. The van der Waals surface area contributed by atoms with Gasteiger partial charge in [0, 0.05) is 11.9 Å². The summed E-state index contributed by atoms with van der Waals surface area (Å²) in [6.07, 6.45) is 3.11. The molecule has 1 N–H and O–H groups in total. The van der Waals surface area contributed by atoms with Gasteiger partial charge >= 0.3 is 0 Å². The molecule has 3 heteroatoms. The maximum absolute atomic E-state index is 11.7. The Bertz CT molecular complexity index is 499. The van der Waals surface area contributed by atoms with E-state index in [-0.39, 0.29) is 5.91 Å². The maximum atomic E-state index is 11.7. The average Bonchev–Trinajstić information content (AvgIpc) is 2.69. The number of para-hydroxylation sites is 1. The molecule has 2 rings (SSSR count). The van der Waals surface area contributed by atoms with Crippen molar-refractivity contribution >= 4 is 16.9 Å². The average molecular weight is 201 g/mol. The quantitative estimate of drug-likeness (QED) is 0.774. The van der Waals surface area contributed by atoms with Crippen molar-refractivity contribution in [2.75, 3.05) is 6.54 Å². The molecule has 0 unspecified atom stereocenters. The largest absolute Gasteiger partial charge is 0.463 e. The first kappa shape index (κ1) is 9.52. The van der Waals surface area contributed by atoms with E-state index in [9.17, 15) is 4.79 Å². The Morgan fingerprint density at radius 2 is 2.27 bits per heavy atom. The lowest BCUT2D eigenvalue weighted by molar-refractivity contribution is 0.0959. The fourth-order valence-corrected chi connectivity index (χ4v) is 1.41. The molecule has 2 aromatic rings. The Morgan fingerprint density at radius 1 is 1.47 bits per heavy atom. The Labute approximate surface area is 87.4 Å². The van der Waals surface area contributed by atoms with E-state index < -0.39 is 0 Å². The molecule has 0 saturated carbocycles. The molecule has 0 spiro atoms. The van der Waals surface area contributed by atoms with E-state index in [1.54, 1.807) is 6.08 Å². The fourth-order valence-electron chi connectivity index (χ4n) is 1.41. The molecule has 15 heavy (non-hydrogen) atoms. The number of benzene rings is 1. The molecule has 76 valence electrons. The van der Waals surface area contributed by atoms with E-state index in [2.05, 4.69) is 11.9 Å². The van der Waals surface area contributed by atoms with Crippen molar-refractivity contribution in [3.63, 3.8) is 0 Å². The van der Waals surface area contributed by atoms with Gasteiger partial charge in [0.1, 0.15) is 11.8 Å². The standard InChI is InChI=1S/C12H11NO2/c1-2-7-13-12(14)10-8-15-11-6-4-3-5-9(10)11/h2-6,8H,1,7H2,(H,13,14). The summed E-state index contributed by atoms with van der Waals surface area (Å²) >= 11 is 0. The highest BCUT2D eigenvalue weighted by atomic mass is 16.3. The van der Waals surface area contributed by atoms with Crippen LogP contribution in [0.25, 0.3) is 11.0 Å². The second-order valence-electron chi connectivity index (χ2n) is 3.14. The molecular weight excluding hydrogens is 190 g/mol. The van der Waals surface area contributed by atoms with Gasteiger partial charge in [0.2, 0.25) is 0 Å². The zero-order valence-electron chi connectivity index (χ0n) is 8.19. The van der Waals surface area contributed by atoms with Gasteiger partial charge in [-0.05, 0) is 6.07 Å². The van der Waals surface area contributed by atoms with Gasteiger partial charge in [0.05, 0.1) is 5.56 Å². The summed E-state index contributed by atoms with van der Waals surface area (Å²) in [5.74, 6) is -0.139. The Kier molecular flexibility index (Phi) is 2.54. The van der Waals surface area contributed by atoms with Crippen LogP contribution < -0.4 is 5.32 Å². The zero-order chi connectivity index (χ0) is 10.7. The smallest absolute Gasteiger partial charge is 0.255 e. The predicted octanol–water partition coefficient (Wildman–Crippen LogP) is 2.35. The minimum atomic E-state index is -0.139. The molecule has 1 amide bonds. The first-order valence-corrected chi connectivity index (χ1v) is 4.68. The third-order valence-electron chi connectivity index (χ3n) is 2.13. The summed E-state index contributed by atoms with van der Waals surface area (Å²) in [5.41, 5.74) is 1.29. The lowest BCUT2D eigenvalue weighted by Crippen LogP contribution is -2.22. The van der Waals surface area contributed by atoms with Gasteiger partial charge in [-0.15, -0.1) is 6.58 Å². The van der Waals surface area contributed by atoms with Gasteiger partial charge in [0.15, 0.2) is 0 Å². The molecular formula is C12H11NO2. The second-order valence-corrected chi connectivity index (χ2v) is 3.14. The predicted molar refractivity (Wildman–Crippen MR) is 58.7 cm³/mol. The molecule has 0 radical (unpaired) electrons. The van der Waals surface area contributed by atoms with Gasteiger partial charge in [-0.25, -0.2) is 0 Å². The van der Waals surface area contributed by atoms with Crippen molar-refractivity contribution < 1.29 is 9.21 Å². The lowest BCUT2D eigenvalue weighted by atomic mass is 10.1. The van der Waals surface area contributed by atoms with Crippen LogP contribution in [0.5, 0.6) is 0 Å². The number of carbonyl (C=O) groups is 1. The maximum Gasteiger partial charge on any atom is 0.255 e. The first-order valence-electron chi connectivity index (χ1n) is 4.68. The Hall–Kier alpha value is -2.03. The summed E-state index contributed by atoms with van der Waals surface area (Å²) in [6.45, 7) is 3.99. The highest BCUT2D eigenvalue weighted by molar-refractivity contribution is 6.05. The third-order valence-corrected chi connectivity index (χ3v) is 2.13. The number of hydrogen-bond donors (Lipinski definition) is 1. The van der Waals surface area contributed by atoms with Crippen molar-refractivity contribution in [3.05, 3.63) is 48.7 Å². The summed E-state index contributed by atoms with van der Waals surface area (Å²) in [6, 6.07) is 7.45. The molecule has 1 aromatic carbocycles. The number of furan rings is 1. The second kappa shape index (κ2) is 4.00. The zero-order valence-corrected chi connectivity index (χ0v) is 8.19. The number of nitrogens with one attached hydrogen (secondary N) is 1. The molecule has 0 aliphatic rings. The normalized spacial score (nSPS) is 10.1. The Morgan fingerprint density at radius 3 is 3.07 bits per heavy atom. The highest BCUT2D eigenvalue weighted by Gasteiger charge is 2.11. The van der Waals surface area contributed by atoms with Crippen LogP contribution in [0.3, 0.4) is 0 Å². The van der Waals surface area contributed by atoms with Gasteiger partial charge in [-0.3, -0.25) is 4.79 Å². The molecule has 0 fully saturated rings. The SMILES string of the molecule is C=CCNC(=O)c1coc2ccccc12. The summed E-state index contributed by atoms with van der Waals surface area (Å²) in [4.78, 5) is 11.7.